The zero-order valence-corrected chi connectivity index (χ0v) is 14.7. The monoisotopic (exact) mass is 356 g/mol. The van der Waals surface area contributed by atoms with E-state index in [0.29, 0.717) is 10.5 Å². The van der Waals surface area contributed by atoms with Crippen molar-refractivity contribution in [2.75, 3.05) is 19.0 Å². The fourth-order valence-corrected chi connectivity index (χ4v) is 3.29. The highest BCUT2D eigenvalue weighted by atomic mass is 32.2. The molecule has 4 nitrogen and oxygen atoms in total. The Hall–Kier alpha value is -2.60. The average molecular weight is 356 g/mol. The number of benzene rings is 2. The normalized spacial score (nSPS) is 16.0. The van der Waals surface area contributed by atoms with Gasteiger partial charge in [-0.15, -0.1) is 0 Å². The first-order valence-electron chi connectivity index (χ1n) is 7.72. The van der Waals surface area contributed by atoms with Gasteiger partial charge in [-0.1, -0.05) is 30.3 Å². The number of nitrogens with zero attached hydrogens (tertiary/aromatic N) is 2. The SMILES string of the molecule is CN(C)c1ccc(/C=C2/SC(=O)N(Cc3ccccc3F)C2=O)cc1. The summed E-state index contributed by atoms with van der Waals surface area (Å²) >= 11 is 0.878. The summed E-state index contributed by atoms with van der Waals surface area (Å²) in [6.45, 7) is -0.0613. The molecule has 2 aromatic carbocycles. The van der Waals surface area contributed by atoms with E-state index in [1.54, 1.807) is 24.3 Å². The van der Waals surface area contributed by atoms with E-state index >= 15 is 0 Å². The van der Waals surface area contributed by atoms with Crippen molar-refractivity contribution in [1.29, 1.82) is 0 Å². The Balaban J connectivity index is 1.79. The number of halogens is 1. The smallest absolute Gasteiger partial charge is 0.293 e. The highest BCUT2D eigenvalue weighted by Crippen LogP contribution is 2.33. The van der Waals surface area contributed by atoms with Crippen LogP contribution < -0.4 is 4.90 Å². The van der Waals surface area contributed by atoms with Crippen LogP contribution in [0, 0.1) is 5.82 Å². The number of hydrogen-bond acceptors (Lipinski definition) is 4. The topological polar surface area (TPSA) is 40.6 Å². The van der Waals surface area contributed by atoms with Crippen molar-refractivity contribution in [3.8, 4) is 0 Å². The van der Waals surface area contributed by atoms with Gasteiger partial charge in [0.2, 0.25) is 0 Å². The molecule has 0 aromatic heterocycles. The molecule has 25 heavy (non-hydrogen) atoms. The first kappa shape index (κ1) is 17.2. The Morgan fingerprint density at radius 2 is 1.76 bits per heavy atom. The van der Waals surface area contributed by atoms with Crippen molar-refractivity contribution in [2.45, 2.75) is 6.54 Å². The molecule has 1 fully saturated rings. The summed E-state index contributed by atoms with van der Waals surface area (Å²) < 4.78 is 13.8. The zero-order chi connectivity index (χ0) is 18.0. The van der Waals surface area contributed by atoms with Crippen LogP contribution in [0.5, 0.6) is 0 Å². The molecule has 0 saturated carbocycles. The molecule has 2 amide bonds. The third-order valence-corrected chi connectivity index (χ3v) is 4.77. The summed E-state index contributed by atoms with van der Waals surface area (Å²) in [6.07, 6.45) is 1.69. The number of thioether (sulfide) groups is 1. The van der Waals surface area contributed by atoms with Crippen molar-refractivity contribution >= 4 is 34.7 Å². The van der Waals surface area contributed by atoms with Gasteiger partial charge >= 0.3 is 0 Å². The predicted octanol–water partition coefficient (Wildman–Crippen LogP) is 4.13. The highest BCUT2D eigenvalue weighted by Gasteiger charge is 2.35. The summed E-state index contributed by atoms with van der Waals surface area (Å²) in [6, 6.07) is 13.8. The molecule has 2 aromatic rings. The Morgan fingerprint density at radius 1 is 1.08 bits per heavy atom. The lowest BCUT2D eigenvalue weighted by Crippen LogP contribution is -2.27. The molecule has 3 rings (SSSR count). The van der Waals surface area contributed by atoms with Gasteiger partial charge in [-0.05, 0) is 41.6 Å². The van der Waals surface area contributed by atoms with Crippen LogP contribution in [-0.2, 0) is 11.3 Å². The molecule has 0 N–H and O–H groups in total. The van der Waals surface area contributed by atoms with E-state index in [2.05, 4.69) is 0 Å². The minimum Gasteiger partial charge on any atom is -0.378 e. The fraction of sp³-hybridized carbons (Fsp3) is 0.158. The van der Waals surface area contributed by atoms with Crippen LogP contribution in [0.25, 0.3) is 6.08 Å². The van der Waals surface area contributed by atoms with Gasteiger partial charge in [0, 0.05) is 25.3 Å². The highest BCUT2D eigenvalue weighted by molar-refractivity contribution is 8.18. The maximum absolute atomic E-state index is 13.8. The predicted molar refractivity (Wildman–Crippen MR) is 98.7 cm³/mol. The number of carbonyl (C=O) groups is 2. The Labute approximate surface area is 149 Å². The Bertz CT molecular complexity index is 847. The van der Waals surface area contributed by atoms with Gasteiger partial charge in [0.05, 0.1) is 11.4 Å². The molecule has 128 valence electrons. The van der Waals surface area contributed by atoms with Gasteiger partial charge in [-0.25, -0.2) is 4.39 Å². The van der Waals surface area contributed by atoms with E-state index in [1.807, 2.05) is 43.3 Å². The maximum atomic E-state index is 13.8. The summed E-state index contributed by atoms with van der Waals surface area (Å²) in [7, 11) is 3.89. The summed E-state index contributed by atoms with van der Waals surface area (Å²) in [5.41, 5.74) is 2.20. The number of carbonyl (C=O) groups excluding carboxylic acids is 2. The van der Waals surface area contributed by atoms with Crippen molar-refractivity contribution in [3.63, 3.8) is 0 Å². The van der Waals surface area contributed by atoms with Crippen LogP contribution in [-0.4, -0.2) is 30.1 Å². The lowest BCUT2D eigenvalue weighted by atomic mass is 10.1. The van der Waals surface area contributed by atoms with E-state index in [-0.39, 0.29) is 11.8 Å². The lowest BCUT2D eigenvalue weighted by Gasteiger charge is -2.13. The first-order valence-corrected chi connectivity index (χ1v) is 8.53. The van der Waals surface area contributed by atoms with Gasteiger partial charge in [0.25, 0.3) is 11.1 Å². The molecule has 0 bridgehead atoms. The minimum atomic E-state index is -0.426. The van der Waals surface area contributed by atoms with Gasteiger partial charge in [-0.3, -0.25) is 14.5 Å². The third-order valence-electron chi connectivity index (χ3n) is 3.87. The molecule has 0 aliphatic carbocycles. The van der Waals surface area contributed by atoms with Crippen LogP contribution in [0.1, 0.15) is 11.1 Å². The maximum Gasteiger partial charge on any atom is 0.293 e. The summed E-state index contributed by atoms with van der Waals surface area (Å²) in [5.74, 6) is -0.820. The van der Waals surface area contributed by atoms with E-state index in [1.165, 1.54) is 6.07 Å². The molecule has 6 heteroatoms. The van der Waals surface area contributed by atoms with E-state index in [4.69, 9.17) is 0 Å². The molecule has 1 aliphatic heterocycles. The molecule has 1 saturated heterocycles. The standard InChI is InChI=1S/C19H17FN2O2S/c1-21(2)15-9-7-13(8-10-15)11-17-18(23)22(19(24)25-17)12-14-5-3-4-6-16(14)20/h3-11H,12H2,1-2H3/b17-11+. The molecule has 0 radical (unpaired) electrons. The second-order valence-corrected chi connectivity index (χ2v) is 6.84. The van der Waals surface area contributed by atoms with Crippen molar-refractivity contribution in [3.05, 3.63) is 70.4 Å². The number of imide groups is 1. The van der Waals surface area contributed by atoms with Crippen LogP contribution in [0.2, 0.25) is 0 Å². The average Bonchev–Trinajstić information content (AvgIpc) is 2.85. The van der Waals surface area contributed by atoms with E-state index in [0.717, 1.165) is 27.9 Å². The van der Waals surface area contributed by atoms with Crippen LogP contribution >= 0.6 is 11.8 Å². The molecular weight excluding hydrogens is 339 g/mol. The third kappa shape index (κ3) is 3.74. The zero-order valence-electron chi connectivity index (χ0n) is 13.9. The lowest BCUT2D eigenvalue weighted by molar-refractivity contribution is -0.123. The van der Waals surface area contributed by atoms with Crippen molar-refractivity contribution < 1.29 is 14.0 Å². The van der Waals surface area contributed by atoms with E-state index in [9.17, 15) is 14.0 Å². The molecule has 1 heterocycles. The molecule has 0 unspecified atom stereocenters. The number of hydrogen-bond donors (Lipinski definition) is 0. The van der Waals surface area contributed by atoms with E-state index < -0.39 is 11.7 Å². The van der Waals surface area contributed by atoms with Crippen LogP contribution in [0.3, 0.4) is 0 Å². The van der Waals surface area contributed by atoms with Crippen LogP contribution in [0.15, 0.2) is 53.4 Å². The molecular formula is C19H17FN2O2S. The van der Waals surface area contributed by atoms with Crippen LogP contribution in [0.4, 0.5) is 14.9 Å². The van der Waals surface area contributed by atoms with Gasteiger partial charge < -0.3 is 4.90 Å². The molecule has 0 atom stereocenters. The van der Waals surface area contributed by atoms with Gasteiger partial charge in [0.15, 0.2) is 0 Å². The fourth-order valence-electron chi connectivity index (χ4n) is 2.45. The second-order valence-electron chi connectivity index (χ2n) is 5.85. The molecule has 1 aliphatic rings. The van der Waals surface area contributed by atoms with Gasteiger partial charge in [-0.2, -0.15) is 0 Å². The Morgan fingerprint density at radius 3 is 2.40 bits per heavy atom. The van der Waals surface area contributed by atoms with Gasteiger partial charge in [0.1, 0.15) is 5.82 Å². The quantitative estimate of drug-likeness (QED) is 0.773. The largest absolute Gasteiger partial charge is 0.378 e. The van der Waals surface area contributed by atoms with Crippen molar-refractivity contribution in [2.24, 2.45) is 0 Å². The molecule has 0 spiro atoms. The van der Waals surface area contributed by atoms with Crippen molar-refractivity contribution in [1.82, 2.24) is 4.90 Å². The minimum absolute atomic E-state index is 0.0613. The number of rotatable bonds is 4. The summed E-state index contributed by atoms with van der Waals surface area (Å²) in [5, 5.41) is -0.385. The number of anilines is 1. The second kappa shape index (κ2) is 7.11. The Kier molecular flexibility index (Phi) is 4.90. The number of amides is 2. The first-order chi connectivity index (χ1) is 12.0. The summed E-state index contributed by atoms with van der Waals surface area (Å²) in [4.78, 5) is 28.0.